The van der Waals surface area contributed by atoms with Gasteiger partial charge in [-0.1, -0.05) is 73.8 Å². The van der Waals surface area contributed by atoms with Crippen molar-refractivity contribution in [1.29, 1.82) is 0 Å². The van der Waals surface area contributed by atoms with E-state index in [9.17, 15) is 54.0 Å². The highest BCUT2D eigenvalue weighted by Gasteiger charge is 2.49. The number of nitrogens with one attached hydrogen (secondary N) is 4. The fourth-order valence-electron chi connectivity index (χ4n) is 12.4. The maximum atomic E-state index is 14.5. The van der Waals surface area contributed by atoms with Crippen LogP contribution in [-0.2, 0) is 29.4 Å². The SMILES string of the molecule is CC1(C)CCC(c2ccc(Cl)cc2)=C(CN2CCN(c3ccc(C(=O)NS(=O)(=O)c4ccc(NC(CCN5CCN(CCCCCNc6cccc7c6C(=O)N(C6CCC(=O)NC6=O)C7=O)CC5)CSc5ccccc5)c(S(=O)(=O)C(F)(F)F)c4)cc3)CC2)C1. The molecule has 1 aliphatic carbocycles. The van der Waals surface area contributed by atoms with E-state index in [1.54, 1.807) is 30.3 Å². The molecule has 18 nitrogen and oxygen atoms in total. The summed E-state index contributed by atoms with van der Waals surface area (Å²) in [7, 11) is -11.0. The first-order valence-corrected chi connectivity index (χ1v) is 34.8. The smallest absolute Gasteiger partial charge is 0.384 e. The number of thioether (sulfide) groups is 1. The second-order valence-corrected chi connectivity index (χ2v) is 29.5. The molecule has 5 aromatic carbocycles. The number of hydrogen-bond acceptors (Lipinski definition) is 16. The van der Waals surface area contributed by atoms with Crippen LogP contribution in [0.1, 0.15) is 108 Å². The molecule has 3 fully saturated rings. The lowest BCUT2D eigenvalue weighted by atomic mass is 9.73. The Kier molecular flexibility index (Phi) is 20.9. The second kappa shape index (κ2) is 28.4. The van der Waals surface area contributed by atoms with Gasteiger partial charge in [-0.15, -0.1) is 11.8 Å². The first-order chi connectivity index (χ1) is 42.9. The minimum atomic E-state index is -6.14. The van der Waals surface area contributed by atoms with Crippen LogP contribution in [-0.4, -0.2) is 168 Å². The zero-order chi connectivity index (χ0) is 64.0. The molecule has 10 rings (SSSR count). The van der Waals surface area contributed by atoms with Crippen molar-refractivity contribution >= 4 is 95.4 Å². The molecule has 5 aromatic rings. The number of fused-ring (bicyclic) bond motifs is 1. The summed E-state index contributed by atoms with van der Waals surface area (Å²) in [4.78, 5) is 73.5. The molecular weight excluding hydrogens is 1240 g/mol. The van der Waals surface area contributed by atoms with Crippen molar-refractivity contribution in [2.75, 3.05) is 99.8 Å². The van der Waals surface area contributed by atoms with Gasteiger partial charge in [0.25, 0.3) is 37.6 Å². The summed E-state index contributed by atoms with van der Waals surface area (Å²) >= 11 is 7.65. The van der Waals surface area contributed by atoms with Crippen molar-refractivity contribution in [3.8, 4) is 0 Å². The van der Waals surface area contributed by atoms with Crippen LogP contribution in [0.5, 0.6) is 0 Å². The van der Waals surface area contributed by atoms with E-state index in [1.807, 2.05) is 47.2 Å². The predicted molar refractivity (Wildman–Crippen MR) is 343 cm³/mol. The van der Waals surface area contributed by atoms with E-state index < -0.39 is 82.5 Å². The maximum absolute atomic E-state index is 14.5. The summed E-state index contributed by atoms with van der Waals surface area (Å²) < 4.78 is 99.9. The molecule has 2 atom stereocenters. The summed E-state index contributed by atoms with van der Waals surface area (Å²) in [5, 5.41) is 9.26. The molecular formula is C65H75ClF3N9O9S3. The molecule has 25 heteroatoms. The lowest BCUT2D eigenvalue weighted by Gasteiger charge is -2.39. The number of sulfone groups is 1. The number of hydrogen-bond donors (Lipinski definition) is 4. The zero-order valence-corrected chi connectivity index (χ0v) is 53.5. The number of benzene rings is 5. The molecule has 90 heavy (non-hydrogen) atoms. The number of piperazine rings is 2. The van der Waals surface area contributed by atoms with Crippen molar-refractivity contribution in [2.24, 2.45) is 5.41 Å². The summed E-state index contributed by atoms with van der Waals surface area (Å²) in [6.07, 6.45) is 6.15. The second-order valence-electron chi connectivity index (χ2n) is 24.4. The highest BCUT2D eigenvalue weighted by Crippen LogP contribution is 2.43. The Morgan fingerprint density at radius 2 is 1.44 bits per heavy atom. The van der Waals surface area contributed by atoms with E-state index >= 15 is 0 Å². The molecule has 4 heterocycles. The van der Waals surface area contributed by atoms with Crippen molar-refractivity contribution in [3.05, 3.63) is 148 Å². The van der Waals surface area contributed by atoms with Gasteiger partial charge in [0, 0.05) is 117 Å². The molecule has 0 spiro atoms. The molecule has 4 aliphatic heterocycles. The molecule has 4 N–H and O–H groups in total. The minimum absolute atomic E-state index is 0.0247. The van der Waals surface area contributed by atoms with Crippen molar-refractivity contribution in [2.45, 2.75) is 104 Å². The Hall–Kier alpha value is -6.80. The van der Waals surface area contributed by atoms with E-state index in [-0.39, 0.29) is 34.9 Å². The number of unbranched alkanes of at least 4 members (excludes halogenated alkanes) is 2. The predicted octanol–water partition coefficient (Wildman–Crippen LogP) is 9.80. The third-order valence-corrected chi connectivity index (χ3v) is 21.8. The number of nitrogens with zero attached hydrogens (tertiary/aromatic N) is 5. The van der Waals surface area contributed by atoms with Crippen molar-refractivity contribution in [1.82, 2.24) is 29.6 Å². The number of amides is 5. The monoisotopic (exact) mass is 1310 g/mol. The number of carbonyl (C=O) groups excluding carboxylic acids is 5. The van der Waals surface area contributed by atoms with Gasteiger partial charge in [0.1, 0.15) is 10.9 Å². The van der Waals surface area contributed by atoms with Gasteiger partial charge < -0.3 is 25.3 Å². The van der Waals surface area contributed by atoms with Gasteiger partial charge in [0.15, 0.2) is 0 Å². The highest BCUT2D eigenvalue weighted by atomic mass is 35.5. The lowest BCUT2D eigenvalue weighted by Crippen LogP contribution is -2.54. The number of allylic oxidation sites excluding steroid dienone is 1. The van der Waals surface area contributed by atoms with E-state index in [4.69, 9.17) is 11.6 Å². The van der Waals surface area contributed by atoms with Crippen LogP contribution in [0.15, 0.2) is 136 Å². The average Bonchev–Trinajstić information content (AvgIpc) is 1.53. The summed E-state index contributed by atoms with van der Waals surface area (Å²) in [6.45, 7) is 13.3. The van der Waals surface area contributed by atoms with Gasteiger partial charge in [-0.25, -0.2) is 21.6 Å². The molecule has 0 radical (unpaired) electrons. The van der Waals surface area contributed by atoms with E-state index in [1.165, 1.54) is 40.6 Å². The van der Waals surface area contributed by atoms with Crippen molar-refractivity contribution in [3.63, 3.8) is 0 Å². The van der Waals surface area contributed by atoms with E-state index in [0.29, 0.717) is 68.2 Å². The van der Waals surface area contributed by atoms with Gasteiger partial charge in [-0.05, 0) is 147 Å². The number of sulfonamides is 1. The van der Waals surface area contributed by atoms with Crippen LogP contribution < -0.4 is 25.6 Å². The van der Waals surface area contributed by atoms with E-state index in [0.717, 1.165) is 105 Å². The zero-order valence-electron chi connectivity index (χ0n) is 50.3. The van der Waals surface area contributed by atoms with Gasteiger partial charge >= 0.3 is 5.51 Å². The van der Waals surface area contributed by atoms with Crippen LogP contribution in [0.2, 0.25) is 5.02 Å². The number of carbonyl (C=O) groups is 5. The van der Waals surface area contributed by atoms with Gasteiger partial charge in [0.2, 0.25) is 11.8 Å². The number of imide groups is 2. The third-order valence-electron chi connectivity index (χ3n) is 17.5. The average molecular weight is 1320 g/mol. The molecule has 5 amide bonds. The van der Waals surface area contributed by atoms with Gasteiger partial charge in [0.05, 0.1) is 21.7 Å². The Labute approximate surface area is 533 Å². The maximum Gasteiger partial charge on any atom is 0.501 e. The minimum Gasteiger partial charge on any atom is -0.384 e. The first kappa shape index (κ1) is 66.1. The fraction of sp³-hybridized carbons (Fsp3) is 0.431. The Balaban J connectivity index is 0.718. The van der Waals surface area contributed by atoms with Gasteiger partial charge in [-0.3, -0.25) is 39.1 Å². The van der Waals surface area contributed by atoms with E-state index in [2.05, 4.69) is 61.5 Å². The number of piperidine rings is 1. The quantitative estimate of drug-likeness (QED) is 0.0257. The molecule has 0 saturated carbocycles. The van der Waals surface area contributed by atoms with Crippen LogP contribution in [0.25, 0.3) is 5.57 Å². The molecule has 480 valence electrons. The van der Waals surface area contributed by atoms with Gasteiger partial charge in [-0.2, -0.15) is 13.2 Å². The lowest BCUT2D eigenvalue weighted by molar-refractivity contribution is -0.136. The normalized spacial score (nSPS) is 19.2. The Bertz CT molecular complexity index is 3730. The van der Waals surface area contributed by atoms with Crippen molar-refractivity contribution < 1.29 is 54.0 Å². The number of halogens is 4. The van der Waals surface area contributed by atoms with Crippen LogP contribution in [0, 0.1) is 5.41 Å². The summed E-state index contributed by atoms with van der Waals surface area (Å²) in [5.41, 5.74) is -0.284. The van der Waals surface area contributed by atoms with Crippen LogP contribution in [0.4, 0.5) is 30.2 Å². The topological polar surface area (TPSA) is 218 Å². The molecule has 5 aliphatic rings. The Morgan fingerprint density at radius 3 is 2.13 bits per heavy atom. The highest BCUT2D eigenvalue weighted by molar-refractivity contribution is 7.99. The largest absolute Gasteiger partial charge is 0.501 e. The first-order valence-electron chi connectivity index (χ1n) is 30.5. The number of alkyl halides is 3. The summed E-state index contributed by atoms with van der Waals surface area (Å²) in [5.74, 6) is -2.98. The number of rotatable bonds is 24. The molecule has 0 aromatic heterocycles. The molecule has 3 saturated heterocycles. The third kappa shape index (κ3) is 15.9. The fourth-order valence-corrected chi connectivity index (χ4v) is 15.6. The molecule has 2 unspecified atom stereocenters. The van der Waals surface area contributed by atoms with Crippen LogP contribution in [0.3, 0.4) is 0 Å². The van der Waals surface area contributed by atoms with Crippen LogP contribution >= 0.6 is 23.4 Å². The summed E-state index contributed by atoms with van der Waals surface area (Å²) in [6, 6.07) is 29.5. The molecule has 0 bridgehead atoms. The Morgan fingerprint density at radius 1 is 0.756 bits per heavy atom. The number of anilines is 3. The standard InChI is InChI=1S/C65H75ClF3N9O9S3/c1-64(2)28-26-52(44-14-18-47(66)19-15-44)46(41-64)42-76-36-38-77(39-37-76)49-20-16-45(17-21-49)60(80)73-90(86,87)51-22-23-54(57(40-51)89(84,85)65(67,68)69)71-48(43-88-50-10-5-3-6-11-50)27-31-75-34-32-74(33-35-75)30-8-4-7-29-70-55-13-9-12-53-59(55)63(83)78(62(53)82)56-24-25-58(79)72-61(56)81/h3,5-6,9-23,40,48,56,70-71H,4,7-8,24-39,41-43H2,1-2H3,(H,73,80)(H,72,79,81).